The Labute approximate surface area is 124 Å². The highest BCUT2D eigenvalue weighted by molar-refractivity contribution is 5.98. The molecule has 0 spiro atoms. The summed E-state index contributed by atoms with van der Waals surface area (Å²) >= 11 is 0. The van der Waals surface area contributed by atoms with E-state index in [9.17, 15) is 4.79 Å². The summed E-state index contributed by atoms with van der Waals surface area (Å²) in [5.41, 5.74) is 3.74. The lowest BCUT2D eigenvalue weighted by atomic mass is 9.99. The van der Waals surface area contributed by atoms with E-state index in [0.717, 1.165) is 44.1 Å². The zero-order valence-electron chi connectivity index (χ0n) is 13.2. The molecular formula is C19H28O. The normalized spacial score (nSPS) is 14.9. The molecule has 1 aliphatic rings. The Kier molecular flexibility index (Phi) is 7.94. The van der Waals surface area contributed by atoms with E-state index >= 15 is 0 Å². The van der Waals surface area contributed by atoms with Crippen LogP contribution in [0.25, 0.3) is 0 Å². The Bertz CT molecular complexity index is 429. The van der Waals surface area contributed by atoms with Crippen molar-refractivity contribution >= 4 is 5.78 Å². The van der Waals surface area contributed by atoms with Gasteiger partial charge < -0.3 is 0 Å². The minimum Gasteiger partial charge on any atom is -0.294 e. The molecule has 0 bridgehead atoms. The fourth-order valence-corrected chi connectivity index (χ4v) is 2.27. The molecule has 0 aromatic heterocycles. The number of carbonyl (C=O) groups is 1. The van der Waals surface area contributed by atoms with Crippen LogP contribution < -0.4 is 0 Å². The maximum Gasteiger partial charge on any atom is 0.162 e. The largest absolute Gasteiger partial charge is 0.294 e. The molecule has 0 saturated carbocycles. The summed E-state index contributed by atoms with van der Waals surface area (Å²) < 4.78 is 0. The van der Waals surface area contributed by atoms with Crippen molar-refractivity contribution in [3.8, 4) is 0 Å². The number of hydrogen-bond acceptors (Lipinski definition) is 1. The van der Waals surface area contributed by atoms with Crippen LogP contribution in [0.15, 0.2) is 47.1 Å². The molecule has 0 unspecified atom stereocenters. The van der Waals surface area contributed by atoms with Gasteiger partial charge in [-0.1, -0.05) is 41.5 Å². The molecule has 0 heterocycles. The third kappa shape index (κ3) is 7.28. The van der Waals surface area contributed by atoms with E-state index in [0.29, 0.717) is 12.2 Å². The van der Waals surface area contributed by atoms with Gasteiger partial charge in [0.05, 0.1) is 0 Å². The SMILES string of the molecule is CC(C)=CCC/C(C)=C/CCCC(=O)C1=CCCC=C1. The van der Waals surface area contributed by atoms with Gasteiger partial charge in [0.1, 0.15) is 0 Å². The predicted molar refractivity (Wildman–Crippen MR) is 87.7 cm³/mol. The van der Waals surface area contributed by atoms with E-state index in [1.807, 2.05) is 6.08 Å². The average molecular weight is 272 g/mol. The Hall–Kier alpha value is -1.37. The predicted octanol–water partition coefficient (Wildman–Crippen LogP) is 5.69. The smallest absolute Gasteiger partial charge is 0.162 e. The Morgan fingerprint density at radius 2 is 1.90 bits per heavy atom. The molecular weight excluding hydrogens is 244 g/mol. The lowest BCUT2D eigenvalue weighted by molar-refractivity contribution is -0.115. The van der Waals surface area contributed by atoms with Crippen molar-refractivity contribution in [1.29, 1.82) is 0 Å². The van der Waals surface area contributed by atoms with Crippen molar-refractivity contribution in [2.24, 2.45) is 0 Å². The highest BCUT2D eigenvalue weighted by Crippen LogP contribution is 2.14. The van der Waals surface area contributed by atoms with Crippen LogP contribution in [0.3, 0.4) is 0 Å². The van der Waals surface area contributed by atoms with Gasteiger partial charge in [-0.3, -0.25) is 4.79 Å². The van der Waals surface area contributed by atoms with Crippen molar-refractivity contribution in [2.75, 3.05) is 0 Å². The molecule has 20 heavy (non-hydrogen) atoms. The first-order chi connectivity index (χ1) is 9.59. The Morgan fingerprint density at radius 3 is 2.55 bits per heavy atom. The zero-order chi connectivity index (χ0) is 14.8. The van der Waals surface area contributed by atoms with Crippen LogP contribution >= 0.6 is 0 Å². The monoisotopic (exact) mass is 272 g/mol. The number of carbonyl (C=O) groups excluding carboxylic acids is 1. The van der Waals surface area contributed by atoms with Crippen LogP contribution in [0.1, 0.15) is 65.7 Å². The molecule has 0 aliphatic heterocycles. The van der Waals surface area contributed by atoms with Crippen molar-refractivity contribution in [3.05, 3.63) is 47.1 Å². The maximum absolute atomic E-state index is 11.9. The molecule has 110 valence electrons. The first-order valence-electron chi connectivity index (χ1n) is 7.78. The Balaban J connectivity index is 2.20. The quantitative estimate of drug-likeness (QED) is 0.409. The van der Waals surface area contributed by atoms with Crippen molar-refractivity contribution in [3.63, 3.8) is 0 Å². The fraction of sp³-hybridized carbons (Fsp3) is 0.526. The molecule has 1 nitrogen and oxygen atoms in total. The number of rotatable bonds is 8. The van der Waals surface area contributed by atoms with Crippen LogP contribution in [0.5, 0.6) is 0 Å². The average Bonchev–Trinajstić information content (AvgIpc) is 2.44. The molecule has 1 rings (SSSR count). The van der Waals surface area contributed by atoms with Crippen LogP contribution in [0.2, 0.25) is 0 Å². The summed E-state index contributed by atoms with van der Waals surface area (Å²) in [5.74, 6) is 0.302. The zero-order valence-corrected chi connectivity index (χ0v) is 13.2. The number of allylic oxidation sites excluding steroid dienone is 8. The van der Waals surface area contributed by atoms with Crippen LogP contribution in [0.4, 0.5) is 0 Å². The summed E-state index contributed by atoms with van der Waals surface area (Å²) in [7, 11) is 0. The second-order valence-corrected chi connectivity index (χ2v) is 5.83. The second kappa shape index (κ2) is 9.52. The molecule has 0 saturated heterocycles. The van der Waals surface area contributed by atoms with Crippen molar-refractivity contribution in [2.45, 2.75) is 65.7 Å². The van der Waals surface area contributed by atoms with Gasteiger partial charge >= 0.3 is 0 Å². The molecule has 0 amide bonds. The third-order valence-corrected chi connectivity index (χ3v) is 3.51. The molecule has 0 radical (unpaired) electrons. The standard InChI is InChI=1S/C19H28O/c1-16(2)10-9-12-17(3)11-7-8-15-19(20)18-13-5-4-6-14-18/h5,10-11,13-14H,4,6-9,12,15H2,1-3H3/b17-11+. The van der Waals surface area contributed by atoms with Crippen LogP contribution in [0, 0.1) is 0 Å². The fourth-order valence-electron chi connectivity index (χ4n) is 2.27. The first kappa shape index (κ1) is 16.7. The van der Waals surface area contributed by atoms with E-state index in [-0.39, 0.29) is 0 Å². The molecule has 0 fully saturated rings. The van der Waals surface area contributed by atoms with E-state index < -0.39 is 0 Å². The summed E-state index contributed by atoms with van der Waals surface area (Å²) in [5, 5.41) is 0. The number of hydrogen-bond donors (Lipinski definition) is 0. The van der Waals surface area contributed by atoms with Crippen LogP contribution in [-0.4, -0.2) is 5.78 Å². The van der Waals surface area contributed by atoms with Gasteiger partial charge in [-0.2, -0.15) is 0 Å². The van der Waals surface area contributed by atoms with E-state index in [2.05, 4.69) is 45.1 Å². The van der Waals surface area contributed by atoms with Gasteiger partial charge in [0.2, 0.25) is 0 Å². The minimum absolute atomic E-state index is 0.302. The molecule has 1 heteroatoms. The second-order valence-electron chi connectivity index (χ2n) is 5.83. The topological polar surface area (TPSA) is 17.1 Å². The maximum atomic E-state index is 11.9. The minimum atomic E-state index is 0.302. The summed E-state index contributed by atoms with van der Waals surface area (Å²) in [6.45, 7) is 6.46. The van der Waals surface area contributed by atoms with Gasteiger partial charge in [0.15, 0.2) is 5.78 Å². The summed E-state index contributed by atoms with van der Waals surface area (Å²) in [6, 6.07) is 0. The first-order valence-corrected chi connectivity index (χ1v) is 7.78. The van der Waals surface area contributed by atoms with Gasteiger partial charge in [0.25, 0.3) is 0 Å². The molecule has 0 aromatic rings. The lowest BCUT2D eigenvalue weighted by Crippen LogP contribution is -2.02. The summed E-state index contributed by atoms with van der Waals surface area (Å²) in [6.07, 6.45) is 17.7. The van der Waals surface area contributed by atoms with Crippen LogP contribution in [-0.2, 0) is 4.79 Å². The highest BCUT2D eigenvalue weighted by Gasteiger charge is 2.07. The number of ketones is 1. The number of unbranched alkanes of at least 4 members (excludes halogenated alkanes) is 1. The molecule has 0 aromatic carbocycles. The molecule has 0 atom stereocenters. The van der Waals surface area contributed by atoms with Gasteiger partial charge in [-0.15, -0.1) is 0 Å². The van der Waals surface area contributed by atoms with E-state index in [1.54, 1.807) is 0 Å². The molecule has 0 N–H and O–H groups in total. The number of Topliss-reactive ketones (excluding diaryl/α,β-unsaturated/α-hetero) is 1. The highest BCUT2D eigenvalue weighted by atomic mass is 16.1. The molecule has 1 aliphatic carbocycles. The lowest BCUT2D eigenvalue weighted by Gasteiger charge is -2.05. The summed E-state index contributed by atoms with van der Waals surface area (Å²) in [4.78, 5) is 11.9. The Morgan fingerprint density at radius 1 is 1.10 bits per heavy atom. The third-order valence-electron chi connectivity index (χ3n) is 3.51. The van der Waals surface area contributed by atoms with Gasteiger partial charge in [-0.25, -0.2) is 0 Å². The van der Waals surface area contributed by atoms with Crippen molar-refractivity contribution < 1.29 is 4.79 Å². The van der Waals surface area contributed by atoms with Gasteiger partial charge in [-0.05, 0) is 59.3 Å². The van der Waals surface area contributed by atoms with E-state index in [4.69, 9.17) is 0 Å². The van der Waals surface area contributed by atoms with Gasteiger partial charge in [0, 0.05) is 12.0 Å². The van der Waals surface area contributed by atoms with Crippen molar-refractivity contribution in [1.82, 2.24) is 0 Å². The van der Waals surface area contributed by atoms with E-state index in [1.165, 1.54) is 11.1 Å².